The van der Waals surface area contributed by atoms with Gasteiger partial charge >= 0.3 is 9.28 Å². The molecule has 0 radical (unpaired) electrons. The van der Waals surface area contributed by atoms with Crippen molar-refractivity contribution in [3.63, 3.8) is 0 Å². The minimum Gasteiger partial charge on any atom is -0.413 e. The molecule has 0 aromatic carbocycles. The summed E-state index contributed by atoms with van der Waals surface area (Å²) in [5.74, 6) is 0. The summed E-state index contributed by atoms with van der Waals surface area (Å²) in [5, 5.41) is 3.27. The highest BCUT2D eigenvalue weighted by molar-refractivity contribution is 6.43. The summed E-state index contributed by atoms with van der Waals surface area (Å²) in [7, 11) is -2.40. The Hall–Kier alpha value is 0.0969. The van der Waals surface area contributed by atoms with Crippen molar-refractivity contribution in [3.8, 4) is 0 Å². The molecule has 3 N–H and O–H groups in total. The number of unbranched alkanes of at least 4 members (excludes halogenated alkanes) is 5. The van der Waals surface area contributed by atoms with Crippen LogP contribution in [0.5, 0.6) is 0 Å². The van der Waals surface area contributed by atoms with Crippen molar-refractivity contribution in [1.82, 2.24) is 5.32 Å². The van der Waals surface area contributed by atoms with Gasteiger partial charge in [-0.25, -0.2) is 0 Å². The topological polar surface area (TPSA) is 52.5 Å². The molecule has 0 aliphatic heterocycles. The number of hydrogen-bond acceptors (Lipinski definition) is 3. The van der Waals surface area contributed by atoms with E-state index >= 15 is 0 Å². The number of nitrogens with one attached hydrogen (secondary N) is 1. The molecule has 15 heavy (non-hydrogen) atoms. The van der Waals surface area contributed by atoms with E-state index in [-0.39, 0.29) is 5.54 Å². The van der Waals surface area contributed by atoms with Crippen LogP contribution in [-0.2, 0) is 0 Å². The Bertz CT molecular complexity index is 134. The average molecular weight is 233 g/mol. The third kappa shape index (κ3) is 10.4. The Labute approximate surface area is 95.8 Å². The molecule has 0 heterocycles. The normalized spacial score (nSPS) is 13.4. The highest BCUT2D eigenvalue weighted by Gasteiger charge is 2.12. The Morgan fingerprint density at radius 3 is 2.27 bits per heavy atom. The van der Waals surface area contributed by atoms with Gasteiger partial charge in [-0.1, -0.05) is 46.0 Å². The van der Waals surface area contributed by atoms with Crippen LogP contribution in [-0.4, -0.2) is 32.0 Å². The van der Waals surface area contributed by atoms with E-state index < -0.39 is 9.28 Å². The molecule has 0 amide bonds. The van der Waals surface area contributed by atoms with E-state index in [4.69, 9.17) is 9.59 Å². The molecule has 92 valence electrons. The van der Waals surface area contributed by atoms with Gasteiger partial charge in [0.15, 0.2) is 0 Å². The lowest BCUT2D eigenvalue weighted by atomic mass is 10.1. The fraction of sp³-hybridized carbons (Fsp3) is 1.00. The van der Waals surface area contributed by atoms with Gasteiger partial charge in [-0.15, -0.1) is 0 Å². The van der Waals surface area contributed by atoms with Crippen molar-refractivity contribution in [2.24, 2.45) is 0 Å². The van der Waals surface area contributed by atoms with Crippen molar-refractivity contribution in [2.75, 3.05) is 13.1 Å². The minimum absolute atomic E-state index is 0.0603. The summed E-state index contributed by atoms with van der Waals surface area (Å²) < 4.78 is 0. The molecule has 1 atom stereocenters. The molecule has 0 aromatic rings. The second-order valence-corrected chi connectivity index (χ2v) is 6.33. The van der Waals surface area contributed by atoms with Crippen LogP contribution in [0.3, 0.4) is 0 Å². The van der Waals surface area contributed by atoms with Gasteiger partial charge in [0.1, 0.15) is 0 Å². The minimum atomic E-state index is -2.40. The zero-order chi connectivity index (χ0) is 11.5. The monoisotopic (exact) mass is 233 g/mol. The van der Waals surface area contributed by atoms with Crippen LogP contribution in [0.2, 0.25) is 5.54 Å². The van der Waals surface area contributed by atoms with Crippen LogP contribution in [0.1, 0.15) is 52.4 Å². The van der Waals surface area contributed by atoms with E-state index in [0.717, 1.165) is 13.1 Å². The van der Waals surface area contributed by atoms with Gasteiger partial charge in [-0.05, 0) is 19.5 Å². The number of hydrogen-bond donors (Lipinski definition) is 3. The Kier molecular flexibility index (Phi) is 10.7. The lowest BCUT2D eigenvalue weighted by Crippen LogP contribution is -2.29. The lowest BCUT2D eigenvalue weighted by Gasteiger charge is -2.12. The first-order valence-electron chi connectivity index (χ1n) is 6.25. The molecule has 0 bridgehead atoms. The molecule has 0 rings (SSSR count). The van der Waals surface area contributed by atoms with Crippen LogP contribution in [0, 0.1) is 0 Å². The zero-order valence-electron chi connectivity index (χ0n) is 10.2. The van der Waals surface area contributed by atoms with E-state index in [1.807, 2.05) is 6.92 Å². The van der Waals surface area contributed by atoms with Crippen molar-refractivity contribution in [1.29, 1.82) is 0 Å². The SMILES string of the molecule is CCCCCCCCNCC(C)[SiH](O)O. The second kappa shape index (κ2) is 10.6. The van der Waals surface area contributed by atoms with Gasteiger partial charge in [-0.2, -0.15) is 0 Å². The van der Waals surface area contributed by atoms with Crippen LogP contribution in [0.15, 0.2) is 0 Å². The maximum atomic E-state index is 8.98. The zero-order valence-corrected chi connectivity index (χ0v) is 11.4. The second-order valence-electron chi connectivity index (χ2n) is 4.36. The maximum Gasteiger partial charge on any atom is 0.320 e. The molecule has 0 fully saturated rings. The van der Waals surface area contributed by atoms with Gasteiger partial charge in [0.25, 0.3) is 0 Å². The van der Waals surface area contributed by atoms with E-state index in [9.17, 15) is 0 Å². The molecule has 0 aliphatic carbocycles. The molecule has 0 aliphatic rings. The van der Waals surface area contributed by atoms with Crippen LogP contribution in [0.25, 0.3) is 0 Å². The van der Waals surface area contributed by atoms with Gasteiger partial charge < -0.3 is 14.9 Å². The molecular weight excluding hydrogens is 206 g/mol. The van der Waals surface area contributed by atoms with Gasteiger partial charge in [0.2, 0.25) is 0 Å². The summed E-state index contributed by atoms with van der Waals surface area (Å²) in [6.07, 6.45) is 7.85. The summed E-state index contributed by atoms with van der Waals surface area (Å²) in [6.45, 7) is 5.88. The van der Waals surface area contributed by atoms with E-state index in [1.54, 1.807) is 0 Å². The van der Waals surface area contributed by atoms with E-state index in [0.29, 0.717) is 0 Å². The highest BCUT2D eigenvalue weighted by atomic mass is 28.3. The molecule has 0 saturated heterocycles. The molecule has 1 unspecified atom stereocenters. The first kappa shape index (κ1) is 15.1. The quantitative estimate of drug-likeness (QED) is 0.396. The van der Waals surface area contributed by atoms with Crippen molar-refractivity contribution >= 4 is 9.28 Å². The maximum absolute atomic E-state index is 8.98. The van der Waals surface area contributed by atoms with Crippen LogP contribution >= 0.6 is 0 Å². The first-order chi connectivity index (χ1) is 7.18. The van der Waals surface area contributed by atoms with E-state index in [2.05, 4.69) is 12.2 Å². The standard InChI is InChI=1S/C11H27NO2Si/c1-3-4-5-6-7-8-9-12-10-11(2)15(13)14/h11-15H,3-10H2,1-2H3. The van der Waals surface area contributed by atoms with Crippen LogP contribution in [0.4, 0.5) is 0 Å². The molecule has 4 heteroatoms. The van der Waals surface area contributed by atoms with E-state index in [1.165, 1.54) is 38.5 Å². The Morgan fingerprint density at radius 2 is 1.67 bits per heavy atom. The fourth-order valence-electron chi connectivity index (χ4n) is 1.47. The Morgan fingerprint density at radius 1 is 1.07 bits per heavy atom. The predicted octanol–water partition coefficient (Wildman–Crippen LogP) is 1.53. The third-order valence-corrected chi connectivity index (χ3v) is 3.94. The third-order valence-electron chi connectivity index (χ3n) is 2.68. The summed E-state index contributed by atoms with van der Waals surface area (Å²) >= 11 is 0. The van der Waals surface area contributed by atoms with Crippen LogP contribution < -0.4 is 5.32 Å². The summed E-state index contributed by atoms with van der Waals surface area (Å²) in [4.78, 5) is 18.0. The summed E-state index contributed by atoms with van der Waals surface area (Å²) in [5.41, 5.74) is 0.0603. The largest absolute Gasteiger partial charge is 0.413 e. The number of rotatable bonds is 10. The van der Waals surface area contributed by atoms with Gasteiger partial charge in [-0.3, -0.25) is 0 Å². The molecule has 0 spiro atoms. The molecule has 0 saturated carbocycles. The van der Waals surface area contributed by atoms with Gasteiger partial charge in [0, 0.05) is 5.54 Å². The van der Waals surface area contributed by atoms with Crippen molar-refractivity contribution in [3.05, 3.63) is 0 Å². The Balaban J connectivity index is 3.05. The van der Waals surface area contributed by atoms with Crippen molar-refractivity contribution < 1.29 is 9.59 Å². The summed E-state index contributed by atoms with van der Waals surface area (Å²) in [6, 6.07) is 0. The fourth-order valence-corrected chi connectivity index (χ4v) is 1.84. The predicted molar refractivity (Wildman–Crippen MR) is 67.3 cm³/mol. The first-order valence-corrected chi connectivity index (χ1v) is 7.95. The highest BCUT2D eigenvalue weighted by Crippen LogP contribution is 2.05. The van der Waals surface area contributed by atoms with Gasteiger partial charge in [0.05, 0.1) is 0 Å². The average Bonchev–Trinajstić information content (AvgIpc) is 2.21. The molecular formula is C11H27NO2Si. The smallest absolute Gasteiger partial charge is 0.320 e. The van der Waals surface area contributed by atoms with Crippen molar-refractivity contribution in [2.45, 2.75) is 57.9 Å². The molecule has 0 aromatic heterocycles. The lowest BCUT2D eigenvalue weighted by molar-refractivity contribution is 0.383. The molecule has 3 nitrogen and oxygen atoms in total.